The van der Waals surface area contributed by atoms with Crippen LogP contribution in [0, 0.1) is 0 Å². The van der Waals surface area contributed by atoms with Gasteiger partial charge in [-0.05, 0) is 69.3 Å². The fourth-order valence-corrected chi connectivity index (χ4v) is 6.16. The molecule has 1 aromatic carbocycles. The number of carbonyl (C=O) groups is 2. The van der Waals surface area contributed by atoms with Crippen LogP contribution in [-0.2, 0) is 16.6 Å². The SMILES string of the molecule is COc1ccc2c(c1)[C@@]1(CC2)C[C@]2(CC[C@@]1(O)[C@@H](C)N(C)CCC(F)(F)F)NC(=O)NC2=O. The number of nitrogens with one attached hydrogen (secondary N) is 2. The summed E-state index contributed by atoms with van der Waals surface area (Å²) in [6, 6.07) is 4.41. The first-order chi connectivity index (χ1) is 15.4. The third-order valence-corrected chi connectivity index (χ3v) is 8.13. The van der Waals surface area contributed by atoms with Crippen molar-refractivity contribution in [2.24, 2.45) is 0 Å². The van der Waals surface area contributed by atoms with E-state index in [9.17, 15) is 27.9 Å². The Morgan fingerprint density at radius 3 is 2.58 bits per heavy atom. The summed E-state index contributed by atoms with van der Waals surface area (Å²) in [5.74, 6) is 0.165. The number of benzene rings is 1. The lowest BCUT2D eigenvalue weighted by molar-refractivity contribution is -0.158. The van der Waals surface area contributed by atoms with Crippen molar-refractivity contribution in [2.75, 3.05) is 20.7 Å². The zero-order chi connectivity index (χ0) is 24.2. The molecule has 33 heavy (non-hydrogen) atoms. The van der Waals surface area contributed by atoms with Crippen LogP contribution >= 0.6 is 0 Å². The van der Waals surface area contributed by atoms with Crippen LogP contribution in [0.4, 0.5) is 18.0 Å². The standard InChI is InChI=1S/C23H30F3N3O4/c1-14(29(2)11-10-23(24,25)26)22(32)9-8-21(18(30)27-19(31)28-21)13-20(22)7-6-15-4-5-16(33-3)12-17(15)20/h4-5,12,14,32H,6-11,13H2,1-3H3,(H2,27,28,30,31)/t14-,20-,21+,22-/m1/s1. The van der Waals surface area contributed by atoms with E-state index in [0.29, 0.717) is 18.6 Å². The highest BCUT2D eigenvalue weighted by Gasteiger charge is 2.66. The van der Waals surface area contributed by atoms with E-state index in [0.717, 1.165) is 11.1 Å². The van der Waals surface area contributed by atoms with E-state index in [1.165, 1.54) is 7.11 Å². The predicted molar refractivity (Wildman–Crippen MR) is 114 cm³/mol. The molecule has 2 fully saturated rings. The lowest BCUT2D eigenvalue weighted by Gasteiger charge is -2.57. The Bertz CT molecular complexity index is 971. The second-order valence-electron chi connectivity index (χ2n) is 9.72. The fraction of sp³-hybridized carbons (Fsp3) is 0.652. The van der Waals surface area contributed by atoms with E-state index in [1.807, 2.05) is 18.2 Å². The van der Waals surface area contributed by atoms with Gasteiger partial charge in [0.2, 0.25) is 0 Å². The zero-order valence-electron chi connectivity index (χ0n) is 19.0. The number of ether oxygens (including phenoxy) is 1. The summed E-state index contributed by atoms with van der Waals surface area (Å²) in [5, 5.41) is 17.4. The van der Waals surface area contributed by atoms with Gasteiger partial charge in [0, 0.05) is 18.0 Å². The number of aryl methyl sites for hydroxylation is 1. The molecular formula is C23H30F3N3O4. The number of urea groups is 1. The summed E-state index contributed by atoms with van der Waals surface area (Å²) >= 11 is 0. The molecule has 1 saturated heterocycles. The summed E-state index contributed by atoms with van der Waals surface area (Å²) in [6.07, 6.45) is -3.63. The molecule has 10 heteroatoms. The topological polar surface area (TPSA) is 90.9 Å². The van der Waals surface area contributed by atoms with Crippen molar-refractivity contribution in [3.05, 3.63) is 29.3 Å². The third kappa shape index (κ3) is 3.77. The Hall–Kier alpha value is -2.33. The average Bonchev–Trinajstić information content (AvgIpc) is 3.25. The van der Waals surface area contributed by atoms with E-state index in [-0.39, 0.29) is 25.8 Å². The van der Waals surface area contributed by atoms with Crippen LogP contribution in [0.15, 0.2) is 18.2 Å². The number of aliphatic hydroxyl groups is 1. The molecule has 0 unspecified atom stereocenters. The summed E-state index contributed by atoms with van der Waals surface area (Å²) < 4.78 is 44.1. The van der Waals surface area contributed by atoms with Gasteiger partial charge in [-0.3, -0.25) is 10.1 Å². The van der Waals surface area contributed by atoms with Gasteiger partial charge in [-0.2, -0.15) is 13.2 Å². The van der Waals surface area contributed by atoms with Crippen molar-refractivity contribution in [2.45, 2.75) is 74.2 Å². The molecule has 3 amide bonds. The number of nitrogens with zero attached hydrogens (tertiary/aromatic N) is 1. The third-order valence-electron chi connectivity index (χ3n) is 8.13. The van der Waals surface area contributed by atoms with Crippen molar-refractivity contribution >= 4 is 11.9 Å². The lowest BCUT2D eigenvalue weighted by atomic mass is 9.53. The number of hydrogen-bond donors (Lipinski definition) is 3. The Labute approximate surface area is 190 Å². The minimum absolute atomic E-state index is 0.148. The molecule has 1 saturated carbocycles. The monoisotopic (exact) mass is 469 g/mol. The van der Waals surface area contributed by atoms with Crippen LogP contribution < -0.4 is 15.4 Å². The van der Waals surface area contributed by atoms with Gasteiger partial charge in [-0.25, -0.2) is 4.79 Å². The first kappa shape index (κ1) is 23.8. The molecule has 3 N–H and O–H groups in total. The molecule has 4 atom stereocenters. The number of imide groups is 1. The predicted octanol–water partition coefficient (Wildman–Crippen LogP) is 2.65. The number of halogens is 3. The van der Waals surface area contributed by atoms with E-state index >= 15 is 0 Å². The van der Waals surface area contributed by atoms with Crippen molar-refractivity contribution in [3.63, 3.8) is 0 Å². The number of rotatable bonds is 5. The van der Waals surface area contributed by atoms with Gasteiger partial charge >= 0.3 is 12.2 Å². The molecule has 1 aliphatic heterocycles. The molecule has 1 aromatic rings. The highest BCUT2D eigenvalue weighted by atomic mass is 19.4. The first-order valence-corrected chi connectivity index (χ1v) is 11.2. The molecular weight excluding hydrogens is 439 g/mol. The molecule has 7 nitrogen and oxygen atoms in total. The minimum atomic E-state index is -4.30. The van der Waals surface area contributed by atoms with Gasteiger partial charge in [-0.15, -0.1) is 0 Å². The maximum atomic E-state index is 12.9. The molecule has 3 aliphatic rings. The molecule has 2 aliphatic carbocycles. The Morgan fingerprint density at radius 2 is 1.97 bits per heavy atom. The van der Waals surface area contributed by atoms with E-state index < -0.39 is 47.1 Å². The first-order valence-electron chi connectivity index (χ1n) is 11.2. The number of fused-ring (bicyclic) bond motifs is 2. The molecule has 4 rings (SSSR count). The fourth-order valence-electron chi connectivity index (χ4n) is 6.16. The van der Waals surface area contributed by atoms with Crippen molar-refractivity contribution < 1.29 is 32.6 Å². The zero-order valence-corrected chi connectivity index (χ0v) is 19.0. The molecule has 182 valence electrons. The van der Waals surface area contributed by atoms with Crippen LogP contribution in [0.3, 0.4) is 0 Å². The van der Waals surface area contributed by atoms with E-state index in [2.05, 4.69) is 10.6 Å². The Balaban J connectivity index is 1.78. The van der Waals surface area contributed by atoms with Gasteiger partial charge in [0.05, 0.1) is 19.1 Å². The number of methoxy groups -OCH3 is 1. The highest BCUT2D eigenvalue weighted by Crippen LogP contribution is 2.59. The van der Waals surface area contributed by atoms with Crippen LogP contribution in [0.5, 0.6) is 5.75 Å². The second kappa shape index (κ2) is 7.87. The van der Waals surface area contributed by atoms with Crippen LogP contribution in [0.25, 0.3) is 0 Å². The van der Waals surface area contributed by atoms with Crippen molar-refractivity contribution in [1.82, 2.24) is 15.5 Å². The van der Waals surface area contributed by atoms with Crippen molar-refractivity contribution in [1.29, 1.82) is 0 Å². The quantitative estimate of drug-likeness (QED) is 0.577. The number of alkyl halides is 3. The Morgan fingerprint density at radius 1 is 1.24 bits per heavy atom. The summed E-state index contributed by atoms with van der Waals surface area (Å²) in [5.41, 5.74) is -1.72. The maximum absolute atomic E-state index is 12.9. The smallest absolute Gasteiger partial charge is 0.390 e. The van der Waals surface area contributed by atoms with Gasteiger partial charge in [0.1, 0.15) is 11.3 Å². The van der Waals surface area contributed by atoms with Gasteiger partial charge in [0.25, 0.3) is 5.91 Å². The number of carbonyl (C=O) groups excluding carboxylic acids is 2. The Kier molecular flexibility index (Phi) is 5.68. The molecule has 1 heterocycles. The summed E-state index contributed by atoms with van der Waals surface area (Å²) in [4.78, 5) is 26.4. The summed E-state index contributed by atoms with van der Waals surface area (Å²) in [6.45, 7) is 1.48. The summed E-state index contributed by atoms with van der Waals surface area (Å²) in [7, 11) is 3.12. The molecule has 0 bridgehead atoms. The van der Waals surface area contributed by atoms with Crippen LogP contribution in [0.2, 0.25) is 0 Å². The van der Waals surface area contributed by atoms with Crippen molar-refractivity contribution in [3.8, 4) is 5.75 Å². The lowest BCUT2D eigenvalue weighted by Crippen LogP contribution is -2.69. The largest absolute Gasteiger partial charge is 0.497 e. The van der Waals surface area contributed by atoms with Crippen LogP contribution in [0.1, 0.15) is 50.2 Å². The van der Waals surface area contributed by atoms with Gasteiger partial charge in [-0.1, -0.05) is 6.07 Å². The molecule has 0 radical (unpaired) electrons. The molecule has 2 spiro atoms. The van der Waals surface area contributed by atoms with E-state index in [1.54, 1.807) is 18.9 Å². The minimum Gasteiger partial charge on any atom is -0.497 e. The highest BCUT2D eigenvalue weighted by molar-refractivity contribution is 6.07. The molecule has 0 aromatic heterocycles. The van der Waals surface area contributed by atoms with Crippen LogP contribution in [-0.4, -0.2) is 66.0 Å². The number of likely N-dealkylation sites (N-methyl/N-ethyl adjacent to an activating group) is 1. The number of hydrogen-bond acceptors (Lipinski definition) is 5. The normalized spacial score (nSPS) is 32.2. The van der Waals surface area contributed by atoms with Gasteiger partial charge < -0.3 is 20.1 Å². The maximum Gasteiger partial charge on any atom is 0.390 e. The number of amides is 3. The second-order valence-corrected chi connectivity index (χ2v) is 9.72. The average molecular weight is 470 g/mol. The van der Waals surface area contributed by atoms with Gasteiger partial charge in [0.15, 0.2) is 0 Å². The van der Waals surface area contributed by atoms with E-state index in [4.69, 9.17) is 4.74 Å².